The number of amides is 1. The molecule has 0 saturated carbocycles. The second-order valence-electron chi connectivity index (χ2n) is 7.08. The monoisotopic (exact) mass is 354 g/mol. The third kappa shape index (κ3) is 6.33. The largest absolute Gasteiger partial charge is 0.493 e. The van der Waals surface area contributed by atoms with Gasteiger partial charge in [0.25, 0.3) is 0 Å². The van der Waals surface area contributed by atoms with E-state index in [4.69, 9.17) is 4.74 Å². The zero-order valence-corrected chi connectivity index (χ0v) is 16.0. The molecule has 5 heteroatoms. The van der Waals surface area contributed by atoms with Gasteiger partial charge in [-0.2, -0.15) is 0 Å². The van der Waals surface area contributed by atoms with E-state index >= 15 is 0 Å². The average Bonchev–Trinajstić information content (AvgIpc) is 2.53. The first-order valence-electron chi connectivity index (χ1n) is 8.72. The number of hydrogen-bond donors (Lipinski definition) is 2. The van der Waals surface area contributed by atoms with Crippen molar-refractivity contribution in [1.29, 1.82) is 0 Å². The maximum Gasteiger partial charge on any atom is 0.223 e. The van der Waals surface area contributed by atoms with E-state index < -0.39 is 0 Å². The smallest absolute Gasteiger partial charge is 0.223 e. The lowest BCUT2D eigenvalue weighted by molar-refractivity contribution is -0.126. The van der Waals surface area contributed by atoms with Crippen molar-refractivity contribution in [3.8, 4) is 5.75 Å². The summed E-state index contributed by atoms with van der Waals surface area (Å²) in [4.78, 5) is 12.4. The maximum absolute atomic E-state index is 12.4. The summed E-state index contributed by atoms with van der Waals surface area (Å²) in [6.07, 6.45) is 1.84. The van der Waals surface area contributed by atoms with Crippen molar-refractivity contribution in [1.82, 2.24) is 10.6 Å². The van der Waals surface area contributed by atoms with E-state index in [0.29, 0.717) is 12.0 Å². The summed E-state index contributed by atoms with van der Waals surface area (Å²) in [6, 6.07) is 8.47. The van der Waals surface area contributed by atoms with Crippen LogP contribution in [0.25, 0.3) is 0 Å². The SMILES string of the molecule is CC(C)COc1ccc(C(C)NC(=O)[C@H]2CCN[C@@H](C)C2)cc1.Cl. The molecule has 1 heterocycles. The topological polar surface area (TPSA) is 50.4 Å². The number of ether oxygens (including phenoxy) is 1. The quantitative estimate of drug-likeness (QED) is 0.818. The maximum atomic E-state index is 12.4. The number of halogens is 1. The van der Waals surface area contributed by atoms with Crippen molar-refractivity contribution in [2.24, 2.45) is 11.8 Å². The van der Waals surface area contributed by atoms with Crippen molar-refractivity contribution in [3.63, 3.8) is 0 Å². The number of hydrogen-bond acceptors (Lipinski definition) is 3. The molecule has 1 amide bonds. The Morgan fingerprint density at radius 1 is 1.29 bits per heavy atom. The van der Waals surface area contributed by atoms with E-state index in [1.54, 1.807) is 0 Å². The van der Waals surface area contributed by atoms with Crippen molar-refractivity contribution >= 4 is 18.3 Å². The molecule has 1 aromatic carbocycles. The van der Waals surface area contributed by atoms with Crippen LogP contribution in [-0.4, -0.2) is 25.1 Å². The zero-order valence-electron chi connectivity index (χ0n) is 15.2. The van der Waals surface area contributed by atoms with Gasteiger partial charge in [0.2, 0.25) is 5.91 Å². The minimum Gasteiger partial charge on any atom is -0.493 e. The Kier molecular flexibility index (Phi) is 8.57. The highest BCUT2D eigenvalue weighted by Crippen LogP contribution is 2.21. The van der Waals surface area contributed by atoms with Gasteiger partial charge in [0, 0.05) is 12.0 Å². The number of rotatable bonds is 6. The predicted molar refractivity (Wildman–Crippen MR) is 101 cm³/mol. The normalized spacial score (nSPS) is 21.7. The molecular formula is C19H31ClN2O2. The number of nitrogens with one attached hydrogen (secondary N) is 2. The highest BCUT2D eigenvalue weighted by atomic mass is 35.5. The van der Waals surface area contributed by atoms with Crippen LogP contribution in [-0.2, 0) is 4.79 Å². The van der Waals surface area contributed by atoms with E-state index in [9.17, 15) is 4.79 Å². The van der Waals surface area contributed by atoms with Crippen molar-refractivity contribution < 1.29 is 9.53 Å². The standard InChI is InChI=1S/C19H30N2O2.ClH/c1-13(2)12-23-18-7-5-16(6-8-18)15(4)21-19(22)17-9-10-20-14(3)11-17;/h5-8,13-15,17,20H,9-12H2,1-4H3,(H,21,22);1H/t14-,15?,17-;/m0./s1. The Labute approximate surface area is 152 Å². The predicted octanol–water partition coefficient (Wildman–Crippen LogP) is 3.71. The van der Waals surface area contributed by atoms with Crippen LogP contribution >= 0.6 is 12.4 Å². The Balaban J connectivity index is 0.00000288. The van der Waals surface area contributed by atoms with Crippen molar-refractivity contribution in [3.05, 3.63) is 29.8 Å². The van der Waals surface area contributed by atoms with Crippen LogP contribution in [0.4, 0.5) is 0 Å². The number of benzene rings is 1. The van der Waals surface area contributed by atoms with Gasteiger partial charge in [-0.15, -0.1) is 12.4 Å². The summed E-state index contributed by atoms with van der Waals surface area (Å²) >= 11 is 0. The van der Waals surface area contributed by atoms with Crippen LogP contribution in [0.15, 0.2) is 24.3 Å². The van der Waals surface area contributed by atoms with Crippen LogP contribution in [0.5, 0.6) is 5.75 Å². The molecule has 136 valence electrons. The highest BCUT2D eigenvalue weighted by molar-refractivity contribution is 5.85. The van der Waals surface area contributed by atoms with Gasteiger partial charge >= 0.3 is 0 Å². The summed E-state index contributed by atoms with van der Waals surface area (Å²) in [5.41, 5.74) is 1.11. The van der Waals surface area contributed by atoms with Gasteiger partial charge < -0.3 is 15.4 Å². The van der Waals surface area contributed by atoms with Gasteiger partial charge in [0.1, 0.15) is 5.75 Å². The Morgan fingerprint density at radius 3 is 2.54 bits per heavy atom. The van der Waals surface area contributed by atoms with E-state index in [0.717, 1.165) is 37.3 Å². The van der Waals surface area contributed by atoms with E-state index in [1.165, 1.54) is 0 Å². The Hall–Kier alpha value is -1.26. The van der Waals surface area contributed by atoms with E-state index in [-0.39, 0.29) is 30.3 Å². The molecule has 1 unspecified atom stereocenters. The first-order valence-corrected chi connectivity index (χ1v) is 8.72. The third-order valence-corrected chi connectivity index (χ3v) is 4.32. The zero-order chi connectivity index (χ0) is 16.8. The molecule has 3 atom stereocenters. The molecular weight excluding hydrogens is 324 g/mol. The molecule has 1 saturated heterocycles. The second kappa shape index (κ2) is 9.90. The molecule has 1 aliphatic heterocycles. The molecule has 4 nitrogen and oxygen atoms in total. The fourth-order valence-electron chi connectivity index (χ4n) is 2.90. The van der Waals surface area contributed by atoms with E-state index in [2.05, 4.69) is 31.4 Å². The van der Waals surface area contributed by atoms with Crippen LogP contribution < -0.4 is 15.4 Å². The average molecular weight is 355 g/mol. The number of carbonyl (C=O) groups excluding carboxylic acids is 1. The summed E-state index contributed by atoms with van der Waals surface area (Å²) < 4.78 is 5.70. The van der Waals surface area contributed by atoms with Gasteiger partial charge in [-0.25, -0.2) is 0 Å². The molecule has 0 aromatic heterocycles. The molecule has 0 radical (unpaired) electrons. The van der Waals surface area contributed by atoms with Crippen LogP contribution in [0.3, 0.4) is 0 Å². The van der Waals surface area contributed by atoms with Crippen LogP contribution in [0, 0.1) is 11.8 Å². The molecule has 2 rings (SSSR count). The molecule has 1 fully saturated rings. The first kappa shape index (κ1) is 20.8. The van der Waals surface area contributed by atoms with Gasteiger partial charge in [-0.1, -0.05) is 26.0 Å². The molecule has 24 heavy (non-hydrogen) atoms. The lowest BCUT2D eigenvalue weighted by Gasteiger charge is -2.28. The van der Waals surface area contributed by atoms with Crippen molar-refractivity contribution in [2.75, 3.05) is 13.2 Å². The van der Waals surface area contributed by atoms with Gasteiger partial charge in [0.15, 0.2) is 0 Å². The summed E-state index contributed by atoms with van der Waals surface area (Å²) in [7, 11) is 0. The lowest BCUT2D eigenvalue weighted by atomic mass is 9.92. The summed E-state index contributed by atoms with van der Waals surface area (Å²) in [5, 5.41) is 6.53. The van der Waals surface area contributed by atoms with E-state index in [1.807, 2.05) is 31.2 Å². The minimum absolute atomic E-state index is 0. The summed E-state index contributed by atoms with van der Waals surface area (Å²) in [6.45, 7) is 10.1. The Bertz CT molecular complexity index is 505. The fraction of sp³-hybridized carbons (Fsp3) is 0.632. The molecule has 0 spiro atoms. The number of piperidine rings is 1. The Morgan fingerprint density at radius 2 is 1.96 bits per heavy atom. The first-order chi connectivity index (χ1) is 11.0. The molecule has 1 aliphatic rings. The van der Waals surface area contributed by atoms with Crippen LogP contribution in [0.2, 0.25) is 0 Å². The fourth-order valence-corrected chi connectivity index (χ4v) is 2.90. The van der Waals surface area contributed by atoms with Gasteiger partial charge in [-0.3, -0.25) is 4.79 Å². The van der Waals surface area contributed by atoms with Gasteiger partial charge in [-0.05, 0) is 56.8 Å². The molecule has 2 N–H and O–H groups in total. The second-order valence-corrected chi connectivity index (χ2v) is 7.08. The minimum atomic E-state index is 0. The third-order valence-electron chi connectivity index (χ3n) is 4.32. The summed E-state index contributed by atoms with van der Waals surface area (Å²) in [5.74, 6) is 1.70. The van der Waals surface area contributed by atoms with Crippen molar-refractivity contribution in [2.45, 2.75) is 52.6 Å². The molecule has 0 aliphatic carbocycles. The van der Waals surface area contributed by atoms with Gasteiger partial charge in [0.05, 0.1) is 12.6 Å². The molecule has 1 aromatic rings. The molecule has 0 bridgehead atoms. The lowest BCUT2D eigenvalue weighted by Crippen LogP contribution is -2.42. The number of carbonyl (C=O) groups is 1. The van der Waals surface area contributed by atoms with Crippen LogP contribution in [0.1, 0.15) is 52.1 Å². The highest BCUT2D eigenvalue weighted by Gasteiger charge is 2.25.